The number of carbonyl (C=O) groups is 1. The van der Waals surface area contributed by atoms with E-state index >= 15 is 0 Å². The monoisotopic (exact) mass is 842 g/mol. The number of amides is 1. The molecule has 0 bridgehead atoms. The lowest BCUT2D eigenvalue weighted by molar-refractivity contribution is -0.302. The Hall–Kier alpha value is -0.810. The van der Waals surface area contributed by atoms with E-state index in [0.29, 0.717) is 12.8 Å². The van der Waals surface area contributed by atoms with Crippen molar-refractivity contribution in [2.45, 2.75) is 301 Å². The van der Waals surface area contributed by atoms with Crippen molar-refractivity contribution in [2.75, 3.05) is 13.2 Å². The summed E-state index contributed by atoms with van der Waals surface area (Å²) in [7, 11) is 0. The lowest BCUT2D eigenvalue weighted by atomic mass is 9.99. The Kier molecular flexibility index (Phi) is 39.3. The van der Waals surface area contributed by atoms with Crippen molar-refractivity contribution >= 4 is 5.91 Å². The van der Waals surface area contributed by atoms with E-state index in [4.69, 9.17) is 9.47 Å². The Bertz CT molecular complexity index is 893. The van der Waals surface area contributed by atoms with Gasteiger partial charge in [0.05, 0.1) is 25.4 Å². The van der Waals surface area contributed by atoms with E-state index in [1.54, 1.807) is 0 Å². The van der Waals surface area contributed by atoms with Gasteiger partial charge in [-0.1, -0.05) is 239 Å². The van der Waals surface area contributed by atoms with Gasteiger partial charge in [-0.3, -0.25) is 4.79 Å². The molecule has 0 aromatic heterocycles. The molecule has 0 spiro atoms. The summed E-state index contributed by atoms with van der Waals surface area (Å²) < 4.78 is 11.3. The molecule has 0 saturated carbocycles. The largest absolute Gasteiger partial charge is 0.394 e. The van der Waals surface area contributed by atoms with E-state index in [1.807, 2.05) is 0 Å². The molecule has 7 atom stereocenters. The molecule has 9 nitrogen and oxygen atoms in total. The summed E-state index contributed by atoms with van der Waals surface area (Å²) in [4.78, 5) is 13.0. The van der Waals surface area contributed by atoms with Gasteiger partial charge >= 0.3 is 0 Å². The third-order valence-corrected chi connectivity index (χ3v) is 12.7. The van der Waals surface area contributed by atoms with E-state index in [0.717, 1.165) is 38.5 Å². The van der Waals surface area contributed by atoms with Crippen LogP contribution in [-0.2, 0) is 14.3 Å². The Morgan fingerprint density at radius 3 is 1.20 bits per heavy atom. The SMILES string of the molecule is CCCCCCCCCCCCCCCCCCCCCCCCCC(=O)N[C@@H](COC1OC(CO)C(O)C(O)C1O)[C@@H](O)CCCCCCCCCCCCCCC. The van der Waals surface area contributed by atoms with E-state index in [1.165, 1.54) is 193 Å². The first-order chi connectivity index (χ1) is 28.8. The molecular weight excluding hydrogens is 743 g/mol. The van der Waals surface area contributed by atoms with Crippen LogP contribution in [0.25, 0.3) is 0 Å². The van der Waals surface area contributed by atoms with Gasteiger partial charge in [0.25, 0.3) is 0 Å². The predicted molar refractivity (Wildman–Crippen MR) is 244 cm³/mol. The van der Waals surface area contributed by atoms with Crippen LogP contribution < -0.4 is 5.32 Å². The van der Waals surface area contributed by atoms with Gasteiger partial charge in [-0.05, 0) is 12.8 Å². The van der Waals surface area contributed by atoms with Gasteiger partial charge in [0.1, 0.15) is 24.4 Å². The first-order valence-electron chi connectivity index (χ1n) is 25.7. The van der Waals surface area contributed by atoms with Crippen LogP contribution in [0, 0.1) is 0 Å². The molecule has 0 aliphatic carbocycles. The maximum Gasteiger partial charge on any atom is 0.220 e. The molecule has 0 aromatic carbocycles. The standard InChI is InChI=1S/C50H99NO8/c1-3-5-7-9-11-13-15-17-18-19-20-21-22-23-24-25-26-28-30-32-34-36-38-40-46(54)51-43(42-58-50-49(57)48(56)47(55)45(41-52)59-50)44(53)39-37-35-33-31-29-27-16-14-12-10-8-6-4-2/h43-45,47-50,52-53,55-57H,3-42H2,1-2H3,(H,51,54)/t43-,44-,45?,47?,48?,49?,50?/m0/s1. The third-order valence-electron chi connectivity index (χ3n) is 12.7. The van der Waals surface area contributed by atoms with E-state index in [9.17, 15) is 30.3 Å². The summed E-state index contributed by atoms with van der Waals surface area (Å²) >= 11 is 0. The molecule has 5 unspecified atom stereocenters. The highest BCUT2D eigenvalue weighted by atomic mass is 16.7. The molecule has 1 fully saturated rings. The second kappa shape index (κ2) is 41.2. The van der Waals surface area contributed by atoms with Crippen LogP contribution in [0.1, 0.15) is 258 Å². The fourth-order valence-corrected chi connectivity index (χ4v) is 8.58. The Morgan fingerprint density at radius 1 is 0.508 bits per heavy atom. The zero-order chi connectivity index (χ0) is 43.0. The summed E-state index contributed by atoms with van der Waals surface area (Å²) in [6.45, 7) is 3.86. The van der Waals surface area contributed by atoms with Gasteiger partial charge in [0.15, 0.2) is 6.29 Å². The quantitative estimate of drug-likeness (QED) is 0.0332. The van der Waals surface area contributed by atoms with Crippen LogP contribution in [-0.4, -0.2) is 87.5 Å². The molecule has 0 aromatic rings. The minimum atomic E-state index is -1.55. The highest BCUT2D eigenvalue weighted by Crippen LogP contribution is 2.23. The van der Waals surface area contributed by atoms with Crippen molar-refractivity contribution in [1.29, 1.82) is 0 Å². The number of hydrogen-bond donors (Lipinski definition) is 6. The van der Waals surface area contributed by atoms with E-state index in [-0.39, 0.29) is 12.5 Å². The average molecular weight is 842 g/mol. The van der Waals surface area contributed by atoms with Crippen molar-refractivity contribution in [3.63, 3.8) is 0 Å². The number of aliphatic hydroxyl groups is 5. The fourth-order valence-electron chi connectivity index (χ4n) is 8.58. The number of unbranched alkanes of at least 4 members (excludes halogenated alkanes) is 34. The number of nitrogens with one attached hydrogen (secondary N) is 1. The Morgan fingerprint density at radius 2 is 0.847 bits per heavy atom. The van der Waals surface area contributed by atoms with Crippen molar-refractivity contribution in [3.8, 4) is 0 Å². The van der Waals surface area contributed by atoms with Crippen LogP contribution in [0.15, 0.2) is 0 Å². The van der Waals surface area contributed by atoms with Crippen LogP contribution in [0.4, 0.5) is 0 Å². The third kappa shape index (κ3) is 31.6. The van der Waals surface area contributed by atoms with Gasteiger partial charge in [0.2, 0.25) is 5.91 Å². The molecule has 352 valence electrons. The molecule has 1 aliphatic heterocycles. The smallest absolute Gasteiger partial charge is 0.220 e. The minimum Gasteiger partial charge on any atom is -0.394 e. The van der Waals surface area contributed by atoms with Crippen LogP contribution in [0.5, 0.6) is 0 Å². The van der Waals surface area contributed by atoms with Crippen LogP contribution >= 0.6 is 0 Å². The summed E-state index contributed by atoms with van der Waals surface area (Å²) in [5, 5.41) is 54.4. The van der Waals surface area contributed by atoms with Gasteiger partial charge in [-0.2, -0.15) is 0 Å². The number of hydrogen-bond acceptors (Lipinski definition) is 8. The topological polar surface area (TPSA) is 149 Å². The summed E-state index contributed by atoms with van der Waals surface area (Å²) in [6, 6.07) is -0.711. The summed E-state index contributed by atoms with van der Waals surface area (Å²) in [5.74, 6) is -0.139. The maximum absolute atomic E-state index is 13.0. The average Bonchev–Trinajstić information content (AvgIpc) is 3.23. The zero-order valence-electron chi connectivity index (χ0n) is 38.8. The second-order valence-corrected chi connectivity index (χ2v) is 18.3. The highest BCUT2D eigenvalue weighted by molar-refractivity contribution is 5.76. The lowest BCUT2D eigenvalue weighted by Gasteiger charge is -2.40. The minimum absolute atomic E-state index is 0.132. The van der Waals surface area contributed by atoms with Crippen LogP contribution in [0.3, 0.4) is 0 Å². The molecular formula is C50H99NO8. The molecule has 9 heteroatoms. The van der Waals surface area contributed by atoms with Gasteiger partial charge in [-0.15, -0.1) is 0 Å². The molecule has 59 heavy (non-hydrogen) atoms. The molecule has 1 aliphatic rings. The molecule has 1 saturated heterocycles. The molecule has 6 N–H and O–H groups in total. The van der Waals surface area contributed by atoms with Crippen LogP contribution in [0.2, 0.25) is 0 Å². The first kappa shape index (κ1) is 56.2. The second-order valence-electron chi connectivity index (χ2n) is 18.3. The molecule has 1 rings (SSSR count). The van der Waals surface area contributed by atoms with Gasteiger partial charge < -0.3 is 40.3 Å². The number of aliphatic hydroxyl groups excluding tert-OH is 5. The van der Waals surface area contributed by atoms with Crippen molar-refractivity contribution in [1.82, 2.24) is 5.32 Å². The Labute approximate surface area is 364 Å². The van der Waals surface area contributed by atoms with E-state index < -0.39 is 49.5 Å². The van der Waals surface area contributed by atoms with Gasteiger partial charge in [0, 0.05) is 6.42 Å². The highest BCUT2D eigenvalue weighted by Gasteiger charge is 2.44. The summed E-state index contributed by atoms with van der Waals surface area (Å²) in [5.41, 5.74) is 0. The predicted octanol–water partition coefficient (Wildman–Crippen LogP) is 11.5. The summed E-state index contributed by atoms with van der Waals surface area (Å²) in [6.07, 6.45) is 39.8. The number of carbonyl (C=O) groups excluding carboxylic acids is 1. The zero-order valence-corrected chi connectivity index (χ0v) is 38.8. The van der Waals surface area contributed by atoms with Crippen molar-refractivity contribution in [3.05, 3.63) is 0 Å². The maximum atomic E-state index is 13.0. The van der Waals surface area contributed by atoms with Gasteiger partial charge in [-0.25, -0.2) is 0 Å². The van der Waals surface area contributed by atoms with E-state index in [2.05, 4.69) is 19.2 Å². The molecule has 0 radical (unpaired) electrons. The normalized spacial score (nSPS) is 20.6. The molecule has 1 heterocycles. The number of ether oxygens (including phenoxy) is 2. The van der Waals surface area contributed by atoms with Crippen molar-refractivity contribution < 1.29 is 39.8 Å². The first-order valence-corrected chi connectivity index (χ1v) is 25.7. The lowest BCUT2D eigenvalue weighted by Crippen LogP contribution is -2.60. The Balaban J connectivity index is 2.21. The number of rotatable bonds is 44. The fraction of sp³-hybridized carbons (Fsp3) is 0.980. The van der Waals surface area contributed by atoms with Crippen molar-refractivity contribution in [2.24, 2.45) is 0 Å². The molecule has 1 amide bonds.